The zero-order valence-corrected chi connectivity index (χ0v) is 9.70. The first-order valence-corrected chi connectivity index (χ1v) is 5.05. The summed E-state index contributed by atoms with van der Waals surface area (Å²) in [6, 6.07) is 1.51. The molecule has 2 aromatic heterocycles. The number of nitrogens with zero attached hydrogens (tertiary/aromatic N) is 4. The molecular weight excluding hydrogens is 251 g/mol. The molecule has 0 saturated carbocycles. The summed E-state index contributed by atoms with van der Waals surface area (Å²) in [6.45, 7) is 0. The monoisotopic (exact) mass is 256 g/mol. The Morgan fingerprint density at radius 2 is 2.12 bits per heavy atom. The van der Waals surface area contributed by atoms with E-state index in [1.54, 1.807) is 7.05 Å². The fraction of sp³-hybridized carbons (Fsp3) is 0.111. The number of carbonyl (C=O) groups is 1. The van der Waals surface area contributed by atoms with Crippen LogP contribution in [0.25, 0.3) is 0 Å². The number of ketones is 1. The molecule has 2 heterocycles. The molecule has 16 heavy (non-hydrogen) atoms. The number of hydrogen-bond acceptors (Lipinski definition) is 4. The van der Waals surface area contributed by atoms with Crippen LogP contribution in [0, 0.1) is 0 Å². The van der Waals surface area contributed by atoms with E-state index in [4.69, 9.17) is 23.2 Å². The maximum atomic E-state index is 11.9. The standard InChI is InChI=1S/C9H6Cl2N4O/c1-15-4-13-9(14-15)8(16)7-6(11)5(10)2-3-12-7/h2-4H,1H3. The van der Waals surface area contributed by atoms with E-state index in [0.29, 0.717) is 0 Å². The first-order valence-electron chi connectivity index (χ1n) is 4.30. The Labute approximate surface area is 101 Å². The number of halogens is 2. The zero-order valence-electron chi connectivity index (χ0n) is 8.19. The van der Waals surface area contributed by atoms with Crippen molar-refractivity contribution in [2.24, 2.45) is 7.05 Å². The van der Waals surface area contributed by atoms with E-state index >= 15 is 0 Å². The third-order valence-corrected chi connectivity index (χ3v) is 2.65. The topological polar surface area (TPSA) is 60.7 Å². The molecule has 7 heteroatoms. The first kappa shape index (κ1) is 11.0. The van der Waals surface area contributed by atoms with E-state index in [9.17, 15) is 4.79 Å². The number of aromatic nitrogens is 4. The Kier molecular flexibility index (Phi) is 2.89. The minimum Gasteiger partial charge on any atom is -0.283 e. The maximum absolute atomic E-state index is 11.9. The van der Waals surface area contributed by atoms with Gasteiger partial charge in [0.15, 0.2) is 0 Å². The number of aryl methyl sites for hydroxylation is 1. The van der Waals surface area contributed by atoms with Gasteiger partial charge < -0.3 is 0 Å². The third-order valence-electron chi connectivity index (χ3n) is 1.86. The molecule has 0 aliphatic heterocycles. The van der Waals surface area contributed by atoms with Gasteiger partial charge >= 0.3 is 0 Å². The first-order chi connectivity index (χ1) is 7.59. The molecular formula is C9H6Cl2N4O. The minimum absolute atomic E-state index is 0.0409. The van der Waals surface area contributed by atoms with Crippen LogP contribution in [0.4, 0.5) is 0 Å². The lowest BCUT2D eigenvalue weighted by Crippen LogP contribution is -2.08. The highest BCUT2D eigenvalue weighted by Crippen LogP contribution is 2.24. The van der Waals surface area contributed by atoms with Crippen LogP contribution in [-0.2, 0) is 7.05 Å². The van der Waals surface area contributed by atoms with Crippen molar-refractivity contribution in [3.05, 3.63) is 40.2 Å². The highest BCUT2D eigenvalue weighted by atomic mass is 35.5. The summed E-state index contributed by atoms with van der Waals surface area (Å²) in [5.41, 5.74) is 0.0559. The van der Waals surface area contributed by atoms with Gasteiger partial charge in [0, 0.05) is 13.2 Å². The summed E-state index contributed by atoms with van der Waals surface area (Å²) in [5.74, 6) is -0.410. The Morgan fingerprint density at radius 3 is 2.75 bits per heavy atom. The molecule has 0 atom stereocenters. The van der Waals surface area contributed by atoms with Crippen LogP contribution in [0.1, 0.15) is 16.3 Å². The fourth-order valence-electron chi connectivity index (χ4n) is 1.13. The summed E-state index contributed by atoms with van der Waals surface area (Å²) in [7, 11) is 1.66. The molecule has 2 aromatic rings. The second-order valence-corrected chi connectivity index (χ2v) is 3.81. The number of rotatable bonds is 2. The van der Waals surface area contributed by atoms with Gasteiger partial charge in [0.25, 0.3) is 5.78 Å². The smallest absolute Gasteiger partial charge is 0.251 e. The van der Waals surface area contributed by atoms with Crippen molar-refractivity contribution in [2.75, 3.05) is 0 Å². The maximum Gasteiger partial charge on any atom is 0.251 e. The van der Waals surface area contributed by atoms with E-state index in [2.05, 4.69) is 15.1 Å². The van der Waals surface area contributed by atoms with Crippen molar-refractivity contribution in [3.8, 4) is 0 Å². The predicted molar refractivity (Wildman–Crippen MR) is 58.7 cm³/mol. The van der Waals surface area contributed by atoms with Gasteiger partial charge in [-0.15, -0.1) is 5.10 Å². The van der Waals surface area contributed by atoms with E-state index in [1.165, 1.54) is 23.3 Å². The summed E-state index contributed by atoms with van der Waals surface area (Å²) >= 11 is 11.6. The van der Waals surface area contributed by atoms with Crippen LogP contribution in [0.3, 0.4) is 0 Å². The van der Waals surface area contributed by atoms with Crippen molar-refractivity contribution in [3.63, 3.8) is 0 Å². The van der Waals surface area contributed by atoms with E-state index < -0.39 is 5.78 Å². The average Bonchev–Trinajstić information content (AvgIpc) is 2.68. The predicted octanol–water partition coefficient (Wildman–Crippen LogP) is 1.75. The molecule has 0 N–H and O–H groups in total. The average molecular weight is 257 g/mol. The van der Waals surface area contributed by atoms with Gasteiger partial charge in [-0.25, -0.2) is 4.98 Å². The molecule has 0 aliphatic rings. The van der Waals surface area contributed by atoms with Gasteiger partial charge in [0.05, 0.1) is 10.0 Å². The van der Waals surface area contributed by atoms with Crippen LogP contribution in [0.5, 0.6) is 0 Å². The highest BCUT2D eigenvalue weighted by molar-refractivity contribution is 6.44. The summed E-state index contributed by atoms with van der Waals surface area (Å²) < 4.78 is 1.42. The van der Waals surface area contributed by atoms with Gasteiger partial charge in [0.2, 0.25) is 5.82 Å². The lowest BCUT2D eigenvalue weighted by Gasteiger charge is -2.00. The molecule has 0 unspecified atom stereocenters. The third kappa shape index (κ3) is 1.91. The number of hydrogen-bond donors (Lipinski definition) is 0. The van der Waals surface area contributed by atoms with Gasteiger partial charge in [-0.3, -0.25) is 14.5 Å². The molecule has 0 bridgehead atoms. The second-order valence-electron chi connectivity index (χ2n) is 3.03. The van der Waals surface area contributed by atoms with E-state index in [1.807, 2.05) is 0 Å². The van der Waals surface area contributed by atoms with Gasteiger partial charge in [-0.1, -0.05) is 23.2 Å². The molecule has 0 aromatic carbocycles. The van der Waals surface area contributed by atoms with Gasteiger partial charge in [-0.05, 0) is 6.07 Å². The molecule has 0 spiro atoms. The highest BCUT2D eigenvalue weighted by Gasteiger charge is 2.19. The van der Waals surface area contributed by atoms with Gasteiger partial charge in [0.1, 0.15) is 12.0 Å². The van der Waals surface area contributed by atoms with Crippen LogP contribution < -0.4 is 0 Å². The van der Waals surface area contributed by atoms with Crippen LogP contribution >= 0.6 is 23.2 Å². The van der Waals surface area contributed by atoms with Crippen molar-refractivity contribution >= 4 is 29.0 Å². The largest absolute Gasteiger partial charge is 0.283 e. The van der Waals surface area contributed by atoms with Crippen molar-refractivity contribution in [1.82, 2.24) is 19.7 Å². The van der Waals surface area contributed by atoms with E-state index in [0.717, 1.165) is 0 Å². The Hall–Kier alpha value is -1.46. The van der Waals surface area contributed by atoms with Crippen LogP contribution in [0.2, 0.25) is 10.0 Å². The normalized spacial score (nSPS) is 10.4. The lowest BCUT2D eigenvalue weighted by molar-refractivity contribution is 0.102. The molecule has 0 radical (unpaired) electrons. The SMILES string of the molecule is Cn1cnc(C(=O)c2nccc(Cl)c2Cl)n1. The molecule has 2 rings (SSSR count). The van der Waals surface area contributed by atoms with Crippen molar-refractivity contribution < 1.29 is 4.79 Å². The molecule has 5 nitrogen and oxygen atoms in total. The van der Waals surface area contributed by atoms with Crippen molar-refractivity contribution in [2.45, 2.75) is 0 Å². The molecule has 0 amide bonds. The summed E-state index contributed by atoms with van der Waals surface area (Å²) in [6.07, 6.45) is 2.83. The van der Waals surface area contributed by atoms with Crippen molar-refractivity contribution in [1.29, 1.82) is 0 Å². The Bertz CT molecular complexity index is 552. The fourth-order valence-corrected chi connectivity index (χ4v) is 1.47. The molecule has 0 fully saturated rings. The van der Waals surface area contributed by atoms with Crippen LogP contribution in [0.15, 0.2) is 18.6 Å². The quantitative estimate of drug-likeness (QED) is 0.769. The molecule has 0 aliphatic carbocycles. The number of carbonyl (C=O) groups excluding carboxylic acids is 1. The molecule has 0 saturated heterocycles. The Balaban J connectivity index is 2.45. The van der Waals surface area contributed by atoms with Gasteiger partial charge in [-0.2, -0.15) is 0 Å². The summed E-state index contributed by atoms with van der Waals surface area (Å²) in [4.78, 5) is 19.6. The second kappa shape index (κ2) is 4.19. The molecule has 82 valence electrons. The number of pyridine rings is 1. The summed E-state index contributed by atoms with van der Waals surface area (Å²) in [5, 5.41) is 4.26. The minimum atomic E-state index is -0.451. The Morgan fingerprint density at radius 1 is 1.38 bits per heavy atom. The van der Waals surface area contributed by atoms with Crippen LogP contribution in [-0.4, -0.2) is 25.5 Å². The van der Waals surface area contributed by atoms with E-state index in [-0.39, 0.29) is 21.6 Å². The zero-order chi connectivity index (χ0) is 11.7. The lowest BCUT2D eigenvalue weighted by atomic mass is 10.2.